The van der Waals surface area contributed by atoms with Crippen LogP contribution in [0.15, 0.2) is 0 Å². The molecule has 0 aromatic heterocycles. The van der Waals surface area contributed by atoms with Crippen LogP contribution in [-0.2, 0) is 0 Å². The smallest absolute Gasteiger partial charge is 0.0425 e. The Morgan fingerprint density at radius 2 is 2.25 bits per heavy atom. The third kappa shape index (κ3) is 4.37. The van der Waals surface area contributed by atoms with Crippen molar-refractivity contribution in [1.29, 1.82) is 0 Å². The molecule has 0 N–H and O–H groups in total. The van der Waals surface area contributed by atoms with Crippen LogP contribution in [0.1, 0.15) is 13.8 Å². The van der Waals surface area contributed by atoms with E-state index in [4.69, 9.17) is 11.6 Å². The fraction of sp³-hybridized carbons (Fsp3) is 1.00. The molecule has 0 aliphatic carbocycles. The highest BCUT2D eigenvalue weighted by Gasteiger charge is 1.93. The molecule has 0 amide bonds. The minimum Gasteiger partial charge on any atom is -0.785 e. The zero-order chi connectivity index (χ0) is 6.57. The average Bonchev–Trinajstić information content (AvgIpc) is 1.65. The molecule has 0 aliphatic rings. The number of hydroxylamine groups is 2. The van der Waals surface area contributed by atoms with Crippen molar-refractivity contribution in [3.05, 3.63) is 5.21 Å². The molecule has 1 atom stereocenters. The number of halogens is 1. The monoisotopic (exact) mass is 136 g/mol. The van der Waals surface area contributed by atoms with Gasteiger partial charge in [0.1, 0.15) is 0 Å². The fourth-order valence-corrected chi connectivity index (χ4v) is 0.564. The summed E-state index contributed by atoms with van der Waals surface area (Å²) in [7, 11) is 0. The highest BCUT2D eigenvalue weighted by Crippen LogP contribution is 1.95. The normalized spacial score (nSPS) is 14.6. The van der Waals surface area contributed by atoms with Gasteiger partial charge < -0.3 is 10.3 Å². The van der Waals surface area contributed by atoms with Gasteiger partial charge in [-0.15, -0.1) is 11.6 Å². The number of nitrogens with zero attached hydrogens (tertiary/aromatic N) is 1. The number of rotatable bonds is 3. The summed E-state index contributed by atoms with van der Waals surface area (Å²) in [5.41, 5.74) is 0. The first kappa shape index (κ1) is 8.21. The summed E-state index contributed by atoms with van der Waals surface area (Å²) in [6.45, 7) is 4.57. The van der Waals surface area contributed by atoms with E-state index in [1.54, 1.807) is 0 Å². The Morgan fingerprint density at radius 3 is 2.38 bits per heavy atom. The van der Waals surface area contributed by atoms with Crippen LogP contribution in [0.4, 0.5) is 0 Å². The number of hydrogen-bond donors (Lipinski definition) is 0. The van der Waals surface area contributed by atoms with Gasteiger partial charge in [0.15, 0.2) is 0 Å². The van der Waals surface area contributed by atoms with Gasteiger partial charge in [-0.05, 0) is 13.5 Å². The average molecular weight is 137 g/mol. The van der Waals surface area contributed by atoms with Gasteiger partial charge in [0.05, 0.1) is 0 Å². The van der Waals surface area contributed by atoms with E-state index in [1.165, 1.54) is 0 Å². The van der Waals surface area contributed by atoms with Gasteiger partial charge >= 0.3 is 0 Å². The van der Waals surface area contributed by atoms with E-state index in [1.807, 2.05) is 13.8 Å². The predicted octanol–water partition coefficient (Wildman–Crippen LogP) is 1.43. The Labute approximate surface area is 55.0 Å². The van der Waals surface area contributed by atoms with Crippen molar-refractivity contribution >= 4 is 11.6 Å². The Hall–Kier alpha value is 0.210. The summed E-state index contributed by atoms with van der Waals surface area (Å²) in [6.07, 6.45) is 0. The molecule has 0 fully saturated rings. The molecule has 50 valence electrons. The minimum atomic E-state index is -0.0348. The molecule has 0 spiro atoms. The summed E-state index contributed by atoms with van der Waals surface area (Å²) < 4.78 is 0. The van der Waals surface area contributed by atoms with Gasteiger partial charge in [0.25, 0.3) is 0 Å². The zero-order valence-electron chi connectivity index (χ0n) is 5.22. The molecule has 0 saturated carbocycles. The Bertz CT molecular complexity index is 58.4. The Kier molecular flexibility index (Phi) is 4.23. The lowest BCUT2D eigenvalue weighted by Gasteiger charge is -2.26. The van der Waals surface area contributed by atoms with E-state index in [2.05, 4.69) is 0 Å². The van der Waals surface area contributed by atoms with E-state index in [-0.39, 0.29) is 5.38 Å². The van der Waals surface area contributed by atoms with Crippen LogP contribution in [0.25, 0.3) is 0 Å². The fourth-order valence-electron chi connectivity index (χ4n) is 0.410. The van der Waals surface area contributed by atoms with E-state index < -0.39 is 0 Å². The zero-order valence-corrected chi connectivity index (χ0v) is 5.98. The number of hydrogen-bond acceptors (Lipinski definition) is 2. The molecule has 0 bridgehead atoms. The van der Waals surface area contributed by atoms with E-state index in [9.17, 15) is 5.21 Å². The van der Waals surface area contributed by atoms with Crippen molar-refractivity contribution in [2.24, 2.45) is 0 Å². The quantitative estimate of drug-likeness (QED) is 0.434. The summed E-state index contributed by atoms with van der Waals surface area (Å²) >= 11 is 5.51. The van der Waals surface area contributed by atoms with Crippen LogP contribution in [0.3, 0.4) is 0 Å². The third-order valence-electron chi connectivity index (χ3n) is 0.808. The molecule has 0 heterocycles. The maximum Gasteiger partial charge on any atom is 0.0425 e. The van der Waals surface area contributed by atoms with Crippen molar-refractivity contribution in [2.75, 3.05) is 13.1 Å². The van der Waals surface area contributed by atoms with E-state index >= 15 is 0 Å². The van der Waals surface area contributed by atoms with Gasteiger partial charge in [-0.25, -0.2) is 0 Å². The first-order valence-corrected chi connectivity index (χ1v) is 3.16. The summed E-state index contributed by atoms with van der Waals surface area (Å²) in [5.74, 6) is 0. The standard InChI is InChI=1S/C5H11ClNO/c1-3-7(8)4-5(2)6/h5H,3-4H2,1-2H3/q-1. The van der Waals surface area contributed by atoms with Crippen LogP contribution in [0, 0.1) is 5.21 Å². The van der Waals surface area contributed by atoms with Crippen molar-refractivity contribution in [3.8, 4) is 0 Å². The first-order chi connectivity index (χ1) is 3.66. The van der Waals surface area contributed by atoms with Crippen LogP contribution in [0.5, 0.6) is 0 Å². The SMILES string of the molecule is CCN([O-])CC(C)Cl. The van der Waals surface area contributed by atoms with Gasteiger partial charge in [-0.2, -0.15) is 0 Å². The lowest BCUT2D eigenvalue weighted by Crippen LogP contribution is -2.22. The maximum absolute atomic E-state index is 10.5. The Morgan fingerprint density at radius 1 is 1.75 bits per heavy atom. The molecule has 0 rings (SSSR count). The van der Waals surface area contributed by atoms with Crippen molar-refractivity contribution < 1.29 is 0 Å². The molecule has 0 aliphatic heterocycles. The molecule has 0 radical (unpaired) electrons. The first-order valence-electron chi connectivity index (χ1n) is 2.73. The van der Waals surface area contributed by atoms with Gasteiger partial charge in [-0.3, -0.25) is 0 Å². The van der Waals surface area contributed by atoms with Crippen LogP contribution in [-0.4, -0.2) is 23.5 Å². The minimum absolute atomic E-state index is 0.0348. The third-order valence-corrected chi connectivity index (χ3v) is 0.946. The van der Waals surface area contributed by atoms with Crippen LogP contribution < -0.4 is 0 Å². The van der Waals surface area contributed by atoms with Crippen LogP contribution in [0.2, 0.25) is 0 Å². The van der Waals surface area contributed by atoms with Gasteiger partial charge in [0, 0.05) is 11.9 Å². The maximum atomic E-state index is 10.5. The molecule has 0 saturated heterocycles. The summed E-state index contributed by atoms with van der Waals surface area (Å²) in [4.78, 5) is 0. The molecule has 1 unspecified atom stereocenters. The second kappa shape index (κ2) is 4.13. The lowest BCUT2D eigenvalue weighted by atomic mass is 10.4. The molecule has 0 aromatic rings. The second-order valence-electron chi connectivity index (χ2n) is 1.76. The van der Waals surface area contributed by atoms with E-state index in [0.717, 1.165) is 5.06 Å². The second-order valence-corrected chi connectivity index (χ2v) is 2.51. The summed E-state index contributed by atoms with van der Waals surface area (Å²) in [6, 6.07) is 0. The molecule has 3 heteroatoms. The molecule has 2 nitrogen and oxygen atoms in total. The van der Waals surface area contributed by atoms with Gasteiger partial charge in [0.2, 0.25) is 0 Å². The molecule has 8 heavy (non-hydrogen) atoms. The molecular weight excluding hydrogens is 126 g/mol. The topological polar surface area (TPSA) is 26.3 Å². The van der Waals surface area contributed by atoms with E-state index in [0.29, 0.717) is 13.1 Å². The van der Waals surface area contributed by atoms with Crippen molar-refractivity contribution in [2.45, 2.75) is 19.2 Å². The lowest BCUT2D eigenvalue weighted by molar-refractivity contribution is 0.401. The van der Waals surface area contributed by atoms with Crippen molar-refractivity contribution in [3.63, 3.8) is 0 Å². The summed E-state index contributed by atoms with van der Waals surface area (Å²) in [5, 5.41) is 11.4. The number of alkyl halides is 1. The Balaban J connectivity index is 3.10. The van der Waals surface area contributed by atoms with Gasteiger partial charge in [-0.1, -0.05) is 6.92 Å². The highest BCUT2D eigenvalue weighted by atomic mass is 35.5. The predicted molar refractivity (Wildman–Crippen MR) is 35.9 cm³/mol. The van der Waals surface area contributed by atoms with Crippen molar-refractivity contribution in [1.82, 2.24) is 5.06 Å². The van der Waals surface area contributed by atoms with Crippen LogP contribution >= 0.6 is 11.6 Å². The largest absolute Gasteiger partial charge is 0.785 e. The molecule has 0 aromatic carbocycles. The molecular formula is C5H11ClNO-. The highest BCUT2D eigenvalue weighted by molar-refractivity contribution is 6.20.